The average molecular weight is 246 g/mol. The summed E-state index contributed by atoms with van der Waals surface area (Å²) in [6, 6.07) is 0. The average Bonchev–Trinajstić information content (AvgIpc) is 3.03. The zero-order valence-corrected chi connectivity index (χ0v) is 11.3. The molecular formula is C12H22OS2. The molecule has 0 amide bonds. The number of hydrogen-bond donors (Lipinski definition) is 0. The molecule has 3 heteroatoms. The van der Waals surface area contributed by atoms with Crippen molar-refractivity contribution < 1.29 is 4.74 Å². The van der Waals surface area contributed by atoms with E-state index in [4.69, 9.17) is 4.74 Å². The Hall–Kier alpha value is 0.660. The summed E-state index contributed by atoms with van der Waals surface area (Å²) in [6.45, 7) is 3.31. The lowest BCUT2D eigenvalue weighted by Gasteiger charge is -2.36. The molecule has 88 valence electrons. The van der Waals surface area contributed by atoms with Crippen LogP contribution in [0.1, 0.15) is 45.4 Å². The molecule has 1 atom stereocenters. The molecule has 0 aliphatic carbocycles. The lowest BCUT2D eigenvalue weighted by atomic mass is 10.1. The van der Waals surface area contributed by atoms with E-state index < -0.39 is 0 Å². The molecular weight excluding hydrogens is 224 g/mol. The zero-order valence-electron chi connectivity index (χ0n) is 9.67. The molecule has 2 aliphatic rings. The summed E-state index contributed by atoms with van der Waals surface area (Å²) in [6.07, 6.45) is 8.84. The molecule has 0 spiro atoms. The predicted octanol–water partition coefficient (Wildman–Crippen LogP) is 3.92. The number of epoxide rings is 1. The summed E-state index contributed by atoms with van der Waals surface area (Å²) in [5.74, 6) is 2.73. The molecule has 1 nitrogen and oxygen atoms in total. The van der Waals surface area contributed by atoms with E-state index in [1.165, 1.54) is 50.0 Å². The van der Waals surface area contributed by atoms with Crippen LogP contribution in [0.5, 0.6) is 0 Å². The van der Waals surface area contributed by atoms with Crippen molar-refractivity contribution in [3.05, 3.63) is 0 Å². The Bertz CT molecular complexity index is 186. The van der Waals surface area contributed by atoms with E-state index in [2.05, 4.69) is 30.4 Å². The Kier molecular flexibility index (Phi) is 4.71. The third-order valence-electron chi connectivity index (χ3n) is 3.12. The van der Waals surface area contributed by atoms with Crippen molar-refractivity contribution >= 4 is 23.5 Å². The number of ether oxygens (including phenoxy) is 1. The van der Waals surface area contributed by atoms with Crippen LogP contribution in [0.15, 0.2) is 0 Å². The van der Waals surface area contributed by atoms with Crippen molar-refractivity contribution in [1.82, 2.24) is 0 Å². The number of thioether (sulfide) groups is 2. The second-order valence-corrected chi connectivity index (χ2v) is 7.79. The Morgan fingerprint density at radius 3 is 2.60 bits per heavy atom. The smallest absolute Gasteiger partial charge is 0.0831 e. The topological polar surface area (TPSA) is 12.5 Å². The van der Waals surface area contributed by atoms with E-state index in [1.807, 2.05) is 0 Å². The lowest BCUT2D eigenvalue weighted by molar-refractivity contribution is 0.384. The molecule has 1 unspecified atom stereocenters. The Balaban J connectivity index is 1.81. The van der Waals surface area contributed by atoms with E-state index in [-0.39, 0.29) is 0 Å². The maximum Gasteiger partial charge on any atom is 0.0831 e. The van der Waals surface area contributed by atoms with Gasteiger partial charge in [0.05, 0.1) is 16.8 Å². The van der Waals surface area contributed by atoms with Crippen LogP contribution >= 0.6 is 23.5 Å². The quantitative estimate of drug-likeness (QED) is 0.520. The summed E-state index contributed by atoms with van der Waals surface area (Å²) in [5.41, 5.74) is 0. The van der Waals surface area contributed by atoms with E-state index in [0.717, 1.165) is 6.61 Å². The molecule has 0 bridgehead atoms. The summed E-state index contributed by atoms with van der Waals surface area (Å²) in [4.78, 5) is 0. The molecule has 2 rings (SSSR count). The van der Waals surface area contributed by atoms with Crippen LogP contribution in [0.25, 0.3) is 0 Å². The summed E-state index contributed by atoms with van der Waals surface area (Å²) in [7, 11) is 0. The minimum Gasteiger partial charge on any atom is -0.373 e. The molecule has 0 aromatic heterocycles. The summed E-state index contributed by atoms with van der Waals surface area (Å²) in [5, 5.41) is 0. The van der Waals surface area contributed by atoms with Crippen LogP contribution in [0.3, 0.4) is 0 Å². The van der Waals surface area contributed by atoms with E-state index in [0.29, 0.717) is 10.2 Å². The van der Waals surface area contributed by atoms with Gasteiger partial charge in [-0.25, -0.2) is 0 Å². The molecule has 0 aromatic rings. The third-order valence-corrected chi connectivity index (χ3v) is 6.61. The third kappa shape index (κ3) is 3.86. The van der Waals surface area contributed by atoms with E-state index in [9.17, 15) is 0 Å². The van der Waals surface area contributed by atoms with Crippen LogP contribution in [0.4, 0.5) is 0 Å². The van der Waals surface area contributed by atoms with Gasteiger partial charge in [-0.3, -0.25) is 0 Å². The highest BCUT2D eigenvalue weighted by atomic mass is 32.2. The van der Waals surface area contributed by atoms with Gasteiger partial charge in [0.25, 0.3) is 0 Å². The lowest BCUT2D eigenvalue weighted by Crippen LogP contribution is -2.27. The Morgan fingerprint density at radius 1 is 1.27 bits per heavy atom. The van der Waals surface area contributed by atoms with Crippen LogP contribution < -0.4 is 0 Å². The van der Waals surface area contributed by atoms with Crippen LogP contribution in [0.2, 0.25) is 0 Å². The monoisotopic (exact) mass is 246 g/mol. The van der Waals surface area contributed by atoms with Gasteiger partial charge < -0.3 is 4.74 Å². The number of rotatable bonds is 6. The first-order valence-electron chi connectivity index (χ1n) is 6.24. The van der Waals surface area contributed by atoms with Gasteiger partial charge in [0.15, 0.2) is 0 Å². The van der Waals surface area contributed by atoms with Crippen molar-refractivity contribution in [3.63, 3.8) is 0 Å². The fourth-order valence-corrected chi connectivity index (χ4v) is 5.68. The largest absolute Gasteiger partial charge is 0.373 e. The van der Waals surface area contributed by atoms with Crippen molar-refractivity contribution in [2.24, 2.45) is 0 Å². The van der Waals surface area contributed by atoms with Gasteiger partial charge >= 0.3 is 0 Å². The van der Waals surface area contributed by atoms with Gasteiger partial charge in [-0.2, -0.15) is 0 Å². The molecule has 2 fully saturated rings. The van der Waals surface area contributed by atoms with E-state index in [1.54, 1.807) is 0 Å². The number of unbranched alkanes of at least 4 members (excludes halogenated alkanes) is 2. The molecule has 0 aromatic carbocycles. The second-order valence-electron chi connectivity index (χ2n) is 4.58. The SMILES string of the molecule is CCCCCC1(CC2CO2)SCCCS1. The molecule has 2 aliphatic heterocycles. The fourth-order valence-electron chi connectivity index (χ4n) is 2.16. The highest BCUT2D eigenvalue weighted by Gasteiger charge is 2.39. The maximum atomic E-state index is 5.42. The standard InChI is InChI=1S/C12H22OS2/c1-2-3-4-6-12(9-11-10-13-11)14-7-5-8-15-12/h11H,2-10H2,1H3. The first-order chi connectivity index (χ1) is 7.35. The Labute approximate surface area is 102 Å². The first-order valence-corrected chi connectivity index (χ1v) is 8.21. The first kappa shape index (κ1) is 12.1. The fraction of sp³-hybridized carbons (Fsp3) is 1.00. The number of hydrogen-bond acceptors (Lipinski definition) is 3. The zero-order chi connectivity index (χ0) is 10.6. The van der Waals surface area contributed by atoms with Crippen LogP contribution in [0, 0.1) is 0 Å². The van der Waals surface area contributed by atoms with Gasteiger partial charge in [-0.1, -0.05) is 26.2 Å². The van der Waals surface area contributed by atoms with Gasteiger partial charge in [0, 0.05) is 0 Å². The van der Waals surface area contributed by atoms with Crippen molar-refractivity contribution in [2.75, 3.05) is 18.1 Å². The van der Waals surface area contributed by atoms with Gasteiger partial charge in [-0.15, -0.1) is 23.5 Å². The molecule has 2 heterocycles. The van der Waals surface area contributed by atoms with E-state index >= 15 is 0 Å². The van der Waals surface area contributed by atoms with Crippen molar-refractivity contribution in [3.8, 4) is 0 Å². The normalized spacial score (nSPS) is 29.0. The van der Waals surface area contributed by atoms with Crippen LogP contribution in [-0.2, 0) is 4.74 Å². The molecule has 2 saturated heterocycles. The molecule has 15 heavy (non-hydrogen) atoms. The molecule has 0 N–H and O–H groups in total. The Morgan fingerprint density at radius 2 is 2.00 bits per heavy atom. The van der Waals surface area contributed by atoms with Gasteiger partial charge in [-0.05, 0) is 30.8 Å². The van der Waals surface area contributed by atoms with Crippen molar-refractivity contribution in [2.45, 2.75) is 55.6 Å². The highest BCUT2D eigenvalue weighted by molar-refractivity contribution is 8.18. The molecule has 0 radical (unpaired) electrons. The van der Waals surface area contributed by atoms with Gasteiger partial charge in [0.1, 0.15) is 0 Å². The van der Waals surface area contributed by atoms with Gasteiger partial charge in [0.2, 0.25) is 0 Å². The molecule has 0 saturated carbocycles. The highest BCUT2D eigenvalue weighted by Crippen LogP contribution is 2.50. The minimum absolute atomic E-state index is 0.522. The second kappa shape index (κ2) is 5.83. The van der Waals surface area contributed by atoms with Crippen LogP contribution in [-0.4, -0.2) is 28.3 Å². The summed E-state index contributed by atoms with van der Waals surface area (Å²) >= 11 is 4.42. The maximum absolute atomic E-state index is 5.42. The minimum atomic E-state index is 0.522. The van der Waals surface area contributed by atoms with Crippen molar-refractivity contribution in [1.29, 1.82) is 0 Å². The summed E-state index contributed by atoms with van der Waals surface area (Å²) < 4.78 is 5.94. The predicted molar refractivity (Wildman–Crippen MR) is 70.8 cm³/mol.